The molecule has 0 unspecified atom stereocenters. The van der Waals surface area contributed by atoms with Gasteiger partial charge in [-0.2, -0.15) is 0 Å². The Bertz CT molecular complexity index is 1090. The number of aromatic amines is 1. The molecule has 0 radical (unpaired) electrons. The highest BCUT2D eigenvalue weighted by atomic mass is 16.5. The monoisotopic (exact) mass is 329 g/mol. The van der Waals surface area contributed by atoms with Gasteiger partial charge in [0, 0.05) is 22.7 Å². The van der Waals surface area contributed by atoms with Gasteiger partial charge in [-0.3, -0.25) is 4.79 Å². The number of benzene rings is 3. The summed E-state index contributed by atoms with van der Waals surface area (Å²) in [6.07, 6.45) is 1.65. The molecule has 0 amide bonds. The highest BCUT2D eigenvalue weighted by Gasteiger charge is 2.16. The van der Waals surface area contributed by atoms with Gasteiger partial charge in [-0.15, -0.1) is 0 Å². The first-order valence-corrected chi connectivity index (χ1v) is 7.98. The number of para-hydroxylation sites is 1. The van der Waals surface area contributed by atoms with Crippen LogP contribution in [0.2, 0.25) is 0 Å². The third kappa shape index (κ3) is 2.78. The predicted molar refractivity (Wildman–Crippen MR) is 96.9 cm³/mol. The number of carbonyl (C=O) groups excluding carboxylic acids is 2. The topological polar surface area (TPSA) is 59.2 Å². The normalized spacial score (nSPS) is 10.9. The van der Waals surface area contributed by atoms with Crippen molar-refractivity contribution in [2.24, 2.45) is 0 Å². The van der Waals surface area contributed by atoms with Crippen molar-refractivity contribution in [3.05, 3.63) is 84.1 Å². The summed E-state index contributed by atoms with van der Waals surface area (Å²) in [5.74, 6) is -0.726. The zero-order valence-electron chi connectivity index (χ0n) is 13.4. The molecule has 4 nitrogen and oxygen atoms in total. The number of hydrogen-bond acceptors (Lipinski definition) is 3. The number of carbonyl (C=O) groups is 2. The Kier molecular flexibility index (Phi) is 3.78. The molecule has 0 spiro atoms. The Hall–Kier alpha value is -3.40. The fourth-order valence-electron chi connectivity index (χ4n) is 2.99. The quantitative estimate of drug-likeness (QED) is 0.447. The molecule has 122 valence electrons. The zero-order chi connectivity index (χ0) is 17.2. The van der Waals surface area contributed by atoms with E-state index >= 15 is 0 Å². The summed E-state index contributed by atoms with van der Waals surface area (Å²) in [7, 11) is 0. The molecule has 4 heteroatoms. The van der Waals surface area contributed by atoms with Crippen LogP contribution in [0.4, 0.5) is 0 Å². The minimum absolute atomic E-state index is 0.231. The van der Waals surface area contributed by atoms with Gasteiger partial charge in [0.05, 0.1) is 5.56 Å². The van der Waals surface area contributed by atoms with Crippen LogP contribution >= 0.6 is 0 Å². The molecule has 0 saturated heterocycles. The van der Waals surface area contributed by atoms with Gasteiger partial charge in [0.25, 0.3) is 0 Å². The number of aromatic nitrogens is 1. The minimum atomic E-state index is -0.495. The number of ketones is 1. The smallest absolute Gasteiger partial charge is 0.339 e. The van der Waals surface area contributed by atoms with E-state index in [4.69, 9.17) is 4.74 Å². The lowest BCUT2D eigenvalue weighted by Crippen LogP contribution is -2.14. The molecule has 3 aromatic carbocycles. The lowest BCUT2D eigenvalue weighted by molar-refractivity contribution is 0.0477. The van der Waals surface area contributed by atoms with Gasteiger partial charge in [0.1, 0.15) is 0 Å². The standard InChI is InChI=1S/C21H15NO3/c23-20(18-12-22-19-11-4-3-9-16(18)19)13-25-21(24)17-10-5-7-14-6-1-2-8-15(14)17/h1-12,22H,13H2. The Morgan fingerprint density at radius 2 is 1.52 bits per heavy atom. The fourth-order valence-corrected chi connectivity index (χ4v) is 2.99. The summed E-state index contributed by atoms with van der Waals surface area (Å²) in [6, 6.07) is 20.6. The number of esters is 1. The van der Waals surface area contributed by atoms with E-state index in [0.29, 0.717) is 11.1 Å². The first kappa shape index (κ1) is 15.1. The van der Waals surface area contributed by atoms with Crippen molar-refractivity contribution < 1.29 is 14.3 Å². The summed E-state index contributed by atoms with van der Waals surface area (Å²) in [6.45, 7) is -0.288. The van der Waals surface area contributed by atoms with E-state index in [1.54, 1.807) is 18.3 Å². The molecular weight excluding hydrogens is 314 g/mol. The molecule has 0 aliphatic heterocycles. The van der Waals surface area contributed by atoms with Gasteiger partial charge < -0.3 is 9.72 Å². The average Bonchev–Trinajstić information content (AvgIpc) is 3.09. The van der Waals surface area contributed by atoms with Crippen molar-refractivity contribution in [2.45, 2.75) is 0 Å². The number of fused-ring (bicyclic) bond motifs is 2. The molecule has 0 aliphatic rings. The van der Waals surface area contributed by atoms with Gasteiger partial charge in [-0.05, 0) is 22.9 Å². The molecule has 1 aromatic heterocycles. The molecule has 0 fully saturated rings. The molecule has 0 aliphatic carbocycles. The Balaban J connectivity index is 1.54. The van der Waals surface area contributed by atoms with E-state index in [-0.39, 0.29) is 12.4 Å². The van der Waals surface area contributed by atoms with Crippen LogP contribution in [0.15, 0.2) is 72.9 Å². The highest BCUT2D eigenvalue weighted by molar-refractivity contribution is 6.10. The van der Waals surface area contributed by atoms with Gasteiger partial charge in [0.2, 0.25) is 5.78 Å². The Morgan fingerprint density at radius 1 is 0.800 bits per heavy atom. The molecule has 1 N–H and O–H groups in total. The maximum Gasteiger partial charge on any atom is 0.339 e. The lowest BCUT2D eigenvalue weighted by Gasteiger charge is -2.07. The van der Waals surface area contributed by atoms with Crippen molar-refractivity contribution in [1.82, 2.24) is 4.98 Å². The Labute approximate surface area is 144 Å². The zero-order valence-corrected chi connectivity index (χ0v) is 13.4. The first-order chi connectivity index (χ1) is 12.2. The van der Waals surface area contributed by atoms with Crippen LogP contribution in [0.1, 0.15) is 20.7 Å². The van der Waals surface area contributed by atoms with Gasteiger partial charge >= 0.3 is 5.97 Å². The van der Waals surface area contributed by atoms with Crippen molar-refractivity contribution in [3.8, 4) is 0 Å². The van der Waals surface area contributed by atoms with Crippen LogP contribution in [0, 0.1) is 0 Å². The summed E-state index contributed by atoms with van der Waals surface area (Å²) in [5.41, 5.74) is 1.87. The van der Waals surface area contributed by atoms with Crippen molar-refractivity contribution >= 4 is 33.4 Å². The number of rotatable bonds is 4. The second kappa shape index (κ2) is 6.24. The van der Waals surface area contributed by atoms with Crippen LogP contribution in [-0.4, -0.2) is 23.3 Å². The van der Waals surface area contributed by atoms with E-state index in [9.17, 15) is 9.59 Å². The van der Waals surface area contributed by atoms with Gasteiger partial charge in [-0.1, -0.05) is 54.6 Å². The average molecular weight is 329 g/mol. The number of H-pyrrole nitrogens is 1. The fraction of sp³-hybridized carbons (Fsp3) is 0.0476. The van der Waals surface area contributed by atoms with Crippen LogP contribution in [0.25, 0.3) is 21.7 Å². The summed E-state index contributed by atoms with van der Waals surface area (Å²) >= 11 is 0. The third-order valence-corrected chi connectivity index (χ3v) is 4.23. The maximum atomic E-state index is 12.4. The van der Waals surface area contributed by atoms with E-state index in [0.717, 1.165) is 21.7 Å². The number of Topliss-reactive ketones (excluding diaryl/α,β-unsaturated/α-hetero) is 1. The molecule has 1 heterocycles. The van der Waals surface area contributed by atoms with E-state index < -0.39 is 5.97 Å². The molecule has 0 atom stereocenters. The highest BCUT2D eigenvalue weighted by Crippen LogP contribution is 2.20. The second-order valence-corrected chi connectivity index (χ2v) is 5.77. The predicted octanol–water partition coefficient (Wildman–Crippen LogP) is 4.36. The van der Waals surface area contributed by atoms with Crippen LogP contribution in [-0.2, 0) is 4.74 Å². The summed E-state index contributed by atoms with van der Waals surface area (Å²) < 4.78 is 5.27. The molecule has 0 saturated carbocycles. The molecule has 25 heavy (non-hydrogen) atoms. The van der Waals surface area contributed by atoms with Gasteiger partial charge in [-0.25, -0.2) is 4.79 Å². The van der Waals surface area contributed by atoms with E-state index in [1.807, 2.05) is 54.6 Å². The first-order valence-electron chi connectivity index (χ1n) is 7.98. The molecule has 4 rings (SSSR count). The Morgan fingerprint density at radius 3 is 2.40 bits per heavy atom. The van der Waals surface area contributed by atoms with Crippen LogP contribution in [0.3, 0.4) is 0 Å². The molecule has 0 bridgehead atoms. The summed E-state index contributed by atoms with van der Waals surface area (Å²) in [5, 5.41) is 2.60. The SMILES string of the molecule is O=C(OCC(=O)c1c[nH]c2ccccc12)c1cccc2ccccc12. The van der Waals surface area contributed by atoms with Crippen molar-refractivity contribution in [3.63, 3.8) is 0 Å². The molecule has 4 aromatic rings. The van der Waals surface area contributed by atoms with E-state index in [1.165, 1.54) is 0 Å². The summed E-state index contributed by atoms with van der Waals surface area (Å²) in [4.78, 5) is 27.9. The minimum Gasteiger partial charge on any atom is -0.454 e. The largest absolute Gasteiger partial charge is 0.454 e. The van der Waals surface area contributed by atoms with E-state index in [2.05, 4.69) is 4.98 Å². The van der Waals surface area contributed by atoms with Gasteiger partial charge in [0.15, 0.2) is 6.61 Å². The maximum absolute atomic E-state index is 12.4. The lowest BCUT2D eigenvalue weighted by atomic mass is 10.0. The van der Waals surface area contributed by atoms with Crippen LogP contribution in [0.5, 0.6) is 0 Å². The van der Waals surface area contributed by atoms with Crippen molar-refractivity contribution in [2.75, 3.05) is 6.61 Å². The second-order valence-electron chi connectivity index (χ2n) is 5.77. The molecular formula is C21H15NO3. The van der Waals surface area contributed by atoms with Crippen molar-refractivity contribution in [1.29, 1.82) is 0 Å². The third-order valence-electron chi connectivity index (χ3n) is 4.23. The number of hydrogen-bond donors (Lipinski definition) is 1. The number of nitrogens with one attached hydrogen (secondary N) is 1. The number of ether oxygens (including phenoxy) is 1. The van der Waals surface area contributed by atoms with Crippen LogP contribution < -0.4 is 0 Å².